The molecule has 5 nitrogen and oxygen atoms in total. The third-order valence-corrected chi connectivity index (χ3v) is 1.87. The summed E-state index contributed by atoms with van der Waals surface area (Å²) in [6.45, 7) is 0. The number of rotatable bonds is 5. The van der Waals surface area contributed by atoms with Crippen LogP contribution in [0.2, 0.25) is 0 Å². The Labute approximate surface area is 75.6 Å². The Morgan fingerprint density at radius 2 is 2.08 bits per heavy atom. The van der Waals surface area contributed by atoms with E-state index in [0.717, 1.165) is 12.8 Å². The van der Waals surface area contributed by atoms with Crippen LogP contribution in [-0.4, -0.2) is 23.9 Å². The molecule has 1 atom stereocenters. The van der Waals surface area contributed by atoms with Crippen LogP contribution < -0.4 is 15.8 Å². The first-order valence-corrected chi connectivity index (χ1v) is 4.09. The van der Waals surface area contributed by atoms with Crippen LogP contribution in [-0.2, 0) is 9.59 Å². The summed E-state index contributed by atoms with van der Waals surface area (Å²) in [5, 5.41) is 2.88. The lowest BCUT2D eigenvalue weighted by atomic mass is 10.3. The summed E-state index contributed by atoms with van der Waals surface area (Å²) >= 11 is 3.71. The summed E-state index contributed by atoms with van der Waals surface area (Å²) in [7, 11) is 0. The number of hydrogen-bond donors (Lipinski definition) is 4. The van der Waals surface area contributed by atoms with Gasteiger partial charge in [0.25, 0.3) is 11.7 Å². The summed E-state index contributed by atoms with van der Waals surface area (Å²) in [6.07, 6.45) is 1.30. The van der Waals surface area contributed by atoms with E-state index >= 15 is 0 Å². The molecule has 0 spiro atoms. The number of hydrogen-bond acceptors (Lipinski definition) is 5. The largest absolute Gasteiger partial charge is 0.363 e. The topological polar surface area (TPSA) is 84.2 Å². The molecule has 0 aromatic rings. The fourth-order valence-corrected chi connectivity index (χ4v) is 0.991. The van der Waals surface area contributed by atoms with E-state index in [0.29, 0.717) is 6.04 Å². The summed E-state index contributed by atoms with van der Waals surface area (Å²) in [4.78, 5) is 21.4. The van der Waals surface area contributed by atoms with Gasteiger partial charge in [-0.25, -0.2) is 4.72 Å². The van der Waals surface area contributed by atoms with Crippen molar-refractivity contribution in [1.82, 2.24) is 10.0 Å². The molecule has 0 radical (unpaired) electrons. The highest BCUT2D eigenvalue weighted by Crippen LogP contribution is 2.19. The van der Waals surface area contributed by atoms with E-state index in [2.05, 4.69) is 22.9 Å². The summed E-state index contributed by atoms with van der Waals surface area (Å²) in [5.74, 6) is -1.63. The van der Waals surface area contributed by atoms with Crippen LogP contribution in [0.3, 0.4) is 0 Å². The van der Waals surface area contributed by atoms with Crippen molar-refractivity contribution in [3.05, 3.63) is 0 Å². The number of nitrogens with one attached hydrogen (secondary N) is 2. The normalized spacial score (nSPS) is 18.8. The summed E-state index contributed by atoms with van der Waals surface area (Å²) in [5.41, 5.74) is 4.81. The highest BCUT2D eigenvalue weighted by molar-refractivity contribution is 7.78. The van der Waals surface area contributed by atoms with Crippen LogP contribution in [0.1, 0.15) is 12.8 Å². The number of ketones is 1. The van der Waals surface area contributed by atoms with Gasteiger partial charge in [-0.05, 0) is 12.8 Å². The average Bonchev–Trinajstić information content (AvgIpc) is 2.82. The van der Waals surface area contributed by atoms with Crippen LogP contribution in [0.5, 0.6) is 0 Å². The smallest absolute Gasteiger partial charge is 0.287 e. The fourth-order valence-electron chi connectivity index (χ4n) is 0.800. The lowest BCUT2D eigenvalue weighted by molar-refractivity contribution is -0.137. The number of amides is 1. The van der Waals surface area contributed by atoms with E-state index in [-0.39, 0.29) is 0 Å². The zero-order valence-electron chi connectivity index (χ0n) is 6.41. The van der Waals surface area contributed by atoms with Crippen LogP contribution in [0.25, 0.3) is 0 Å². The minimum atomic E-state index is -0.949. The fraction of sp³-hybridized carbons (Fsp3) is 0.667. The van der Waals surface area contributed by atoms with Crippen LogP contribution >= 0.6 is 12.8 Å². The molecule has 0 aliphatic heterocycles. The number of primary amides is 1. The minimum Gasteiger partial charge on any atom is -0.363 e. The second-order valence-corrected chi connectivity index (χ2v) is 2.99. The lowest BCUT2D eigenvalue weighted by Crippen LogP contribution is -2.50. The molecule has 4 N–H and O–H groups in total. The van der Waals surface area contributed by atoms with E-state index in [1.165, 1.54) is 0 Å². The molecule has 0 heterocycles. The minimum absolute atomic E-state index is 0.318. The van der Waals surface area contributed by atoms with Gasteiger partial charge in [-0.15, -0.1) is 0 Å². The van der Waals surface area contributed by atoms with E-state index in [9.17, 15) is 9.59 Å². The lowest BCUT2D eigenvalue weighted by Gasteiger charge is -2.12. The van der Waals surface area contributed by atoms with Crippen molar-refractivity contribution in [2.45, 2.75) is 25.0 Å². The third kappa shape index (κ3) is 2.47. The number of thiol groups is 1. The van der Waals surface area contributed by atoms with Crippen molar-refractivity contribution >= 4 is 24.5 Å². The van der Waals surface area contributed by atoms with E-state index in [1.54, 1.807) is 0 Å². The Hall–Kier alpha value is -0.590. The second kappa shape index (κ2) is 3.88. The molecular weight excluding hydrogens is 178 g/mol. The maximum atomic E-state index is 11.0. The monoisotopic (exact) mass is 189 g/mol. The van der Waals surface area contributed by atoms with Crippen LogP contribution in [0, 0.1) is 0 Å². The zero-order chi connectivity index (χ0) is 9.14. The van der Waals surface area contributed by atoms with Crippen molar-refractivity contribution in [3.8, 4) is 0 Å². The molecule has 12 heavy (non-hydrogen) atoms. The van der Waals surface area contributed by atoms with Gasteiger partial charge in [-0.2, -0.15) is 0 Å². The van der Waals surface area contributed by atoms with Gasteiger partial charge in [0, 0.05) is 6.04 Å². The Bertz CT molecular complexity index is 205. The molecule has 0 aromatic heterocycles. The highest BCUT2D eigenvalue weighted by atomic mass is 32.1. The molecular formula is C6H11N3O2S. The molecule has 1 rings (SSSR count). The van der Waals surface area contributed by atoms with Gasteiger partial charge in [0.1, 0.15) is 6.17 Å². The molecule has 0 aromatic carbocycles. The van der Waals surface area contributed by atoms with Crippen molar-refractivity contribution in [2.75, 3.05) is 0 Å². The van der Waals surface area contributed by atoms with Gasteiger partial charge >= 0.3 is 0 Å². The molecule has 1 unspecified atom stereocenters. The molecule has 1 aliphatic rings. The van der Waals surface area contributed by atoms with Crippen molar-refractivity contribution in [3.63, 3.8) is 0 Å². The predicted molar refractivity (Wildman–Crippen MR) is 46.3 cm³/mol. The maximum Gasteiger partial charge on any atom is 0.287 e. The van der Waals surface area contributed by atoms with Gasteiger partial charge < -0.3 is 5.73 Å². The Balaban J connectivity index is 2.41. The van der Waals surface area contributed by atoms with Gasteiger partial charge in [0.15, 0.2) is 0 Å². The molecule has 1 saturated carbocycles. The molecule has 1 aliphatic carbocycles. The predicted octanol–water partition coefficient (Wildman–Crippen LogP) is -1.45. The first-order chi connectivity index (χ1) is 5.65. The standard InChI is InChI=1S/C6H11N3O2S/c7-5(11)4(10)6(9-12)8-3-1-2-3/h3,6,8-9,12H,1-2H2,(H2,7,11). The highest BCUT2D eigenvalue weighted by Gasteiger charge is 2.29. The Kier molecular flexibility index (Phi) is 3.07. The van der Waals surface area contributed by atoms with E-state index in [4.69, 9.17) is 5.73 Å². The molecule has 1 fully saturated rings. The first-order valence-electron chi connectivity index (χ1n) is 3.64. The zero-order valence-corrected chi connectivity index (χ0v) is 7.30. The van der Waals surface area contributed by atoms with Gasteiger partial charge in [-0.3, -0.25) is 14.9 Å². The summed E-state index contributed by atoms with van der Waals surface area (Å²) < 4.78 is 2.39. The van der Waals surface area contributed by atoms with E-state index in [1.807, 2.05) is 0 Å². The third-order valence-electron chi connectivity index (χ3n) is 1.61. The average molecular weight is 189 g/mol. The van der Waals surface area contributed by atoms with Gasteiger partial charge in [0.2, 0.25) is 0 Å². The van der Waals surface area contributed by atoms with Crippen molar-refractivity contribution in [1.29, 1.82) is 0 Å². The number of carbonyl (C=O) groups is 2. The van der Waals surface area contributed by atoms with Crippen molar-refractivity contribution < 1.29 is 9.59 Å². The first kappa shape index (κ1) is 9.50. The molecule has 1 amide bonds. The van der Waals surface area contributed by atoms with Gasteiger partial charge in [0.05, 0.1) is 0 Å². The Morgan fingerprint density at radius 1 is 1.50 bits per heavy atom. The molecule has 6 heteroatoms. The van der Waals surface area contributed by atoms with Crippen LogP contribution in [0.15, 0.2) is 0 Å². The van der Waals surface area contributed by atoms with E-state index < -0.39 is 17.9 Å². The quantitative estimate of drug-likeness (QED) is 0.242. The number of Topliss-reactive ketones (excluding diaryl/α,β-unsaturated/α-hetero) is 1. The summed E-state index contributed by atoms with van der Waals surface area (Å²) in [6, 6.07) is 0.318. The van der Waals surface area contributed by atoms with Gasteiger partial charge in [-0.1, -0.05) is 12.8 Å². The Morgan fingerprint density at radius 3 is 2.42 bits per heavy atom. The molecule has 0 saturated heterocycles. The number of nitrogens with two attached hydrogens (primary N) is 1. The number of carbonyl (C=O) groups excluding carboxylic acids is 2. The van der Waals surface area contributed by atoms with Crippen LogP contribution in [0.4, 0.5) is 0 Å². The molecule has 0 bridgehead atoms. The SMILES string of the molecule is NC(=O)C(=O)C(NS)NC1CC1. The molecule has 68 valence electrons. The maximum absolute atomic E-state index is 11.0. The second-order valence-electron chi connectivity index (χ2n) is 2.73. The van der Waals surface area contributed by atoms with Crippen molar-refractivity contribution in [2.24, 2.45) is 5.73 Å².